The number of amides is 1. The van der Waals surface area contributed by atoms with E-state index in [0.29, 0.717) is 27.6 Å². The van der Waals surface area contributed by atoms with Crippen LogP contribution < -0.4 is 5.48 Å². The minimum atomic E-state index is -0.257. The van der Waals surface area contributed by atoms with Gasteiger partial charge in [-0.3, -0.25) is 14.2 Å². The summed E-state index contributed by atoms with van der Waals surface area (Å²) in [6.07, 6.45) is 0. The second-order valence-corrected chi connectivity index (χ2v) is 7.61. The van der Waals surface area contributed by atoms with Crippen molar-refractivity contribution in [3.63, 3.8) is 0 Å². The van der Waals surface area contributed by atoms with E-state index in [4.69, 9.17) is 28.0 Å². The van der Waals surface area contributed by atoms with Gasteiger partial charge in [-0.2, -0.15) is 0 Å². The number of hydrogen-bond donors (Lipinski definition) is 1. The Kier molecular flexibility index (Phi) is 6.96. The molecule has 6 nitrogen and oxygen atoms in total. The number of hydroxylamine groups is 1. The third-order valence-corrected chi connectivity index (χ3v) is 5.44. The van der Waals surface area contributed by atoms with Crippen LogP contribution in [0.15, 0.2) is 47.6 Å². The van der Waals surface area contributed by atoms with E-state index >= 15 is 0 Å². The molecule has 9 heteroatoms. The van der Waals surface area contributed by atoms with Crippen molar-refractivity contribution in [3.05, 3.63) is 58.1 Å². The Balaban J connectivity index is 1.98. The average Bonchev–Trinajstić information content (AvgIpc) is 3.11. The van der Waals surface area contributed by atoms with Crippen LogP contribution in [0.5, 0.6) is 0 Å². The normalized spacial score (nSPS) is 10.9. The highest BCUT2D eigenvalue weighted by Gasteiger charge is 2.18. The standard InChI is InChI=1S/C19H18Cl2N4O2S/c1-3-27-24-17(26)11-28-19-23-22-18(13-6-4-12(2)5-7-13)25(19)14-8-9-15(20)16(21)10-14/h4-10H,3,11H2,1-2H3,(H,24,26). The molecule has 0 radical (unpaired) electrons. The number of halogens is 2. The third kappa shape index (κ3) is 4.86. The first kappa shape index (κ1) is 20.7. The van der Waals surface area contributed by atoms with Gasteiger partial charge in [-0.1, -0.05) is 64.8 Å². The van der Waals surface area contributed by atoms with Crippen LogP contribution in [0.2, 0.25) is 10.0 Å². The number of carbonyl (C=O) groups is 1. The largest absolute Gasteiger partial charge is 0.274 e. The summed E-state index contributed by atoms with van der Waals surface area (Å²) in [4.78, 5) is 16.8. The molecule has 0 aliphatic heterocycles. The van der Waals surface area contributed by atoms with Crippen LogP contribution in [-0.4, -0.2) is 33.0 Å². The number of aryl methyl sites for hydroxylation is 1. The van der Waals surface area contributed by atoms with Gasteiger partial charge in [0.25, 0.3) is 5.91 Å². The average molecular weight is 437 g/mol. The quantitative estimate of drug-likeness (QED) is 0.428. The first-order valence-corrected chi connectivity index (χ1v) is 10.2. The van der Waals surface area contributed by atoms with Crippen molar-refractivity contribution in [3.8, 4) is 17.1 Å². The molecule has 0 unspecified atom stereocenters. The van der Waals surface area contributed by atoms with Crippen molar-refractivity contribution in [2.75, 3.05) is 12.4 Å². The smallest absolute Gasteiger partial charge is 0.254 e. The van der Waals surface area contributed by atoms with Crippen LogP contribution in [-0.2, 0) is 9.63 Å². The highest BCUT2D eigenvalue weighted by molar-refractivity contribution is 7.99. The van der Waals surface area contributed by atoms with Gasteiger partial charge in [0.2, 0.25) is 0 Å². The maximum Gasteiger partial charge on any atom is 0.254 e. The van der Waals surface area contributed by atoms with Crippen LogP contribution in [0.4, 0.5) is 0 Å². The van der Waals surface area contributed by atoms with Crippen molar-refractivity contribution in [2.45, 2.75) is 19.0 Å². The lowest BCUT2D eigenvalue weighted by molar-refractivity contribution is -0.130. The number of nitrogens with one attached hydrogen (secondary N) is 1. The van der Waals surface area contributed by atoms with E-state index in [1.807, 2.05) is 41.8 Å². The Morgan fingerprint density at radius 3 is 2.57 bits per heavy atom. The fourth-order valence-electron chi connectivity index (χ4n) is 2.42. The molecule has 0 aliphatic rings. The van der Waals surface area contributed by atoms with Crippen molar-refractivity contribution < 1.29 is 9.63 Å². The number of aromatic nitrogens is 3. The summed E-state index contributed by atoms with van der Waals surface area (Å²) in [6.45, 7) is 4.21. The predicted molar refractivity (Wildman–Crippen MR) is 112 cm³/mol. The molecule has 28 heavy (non-hydrogen) atoms. The summed E-state index contributed by atoms with van der Waals surface area (Å²) in [5.41, 5.74) is 5.16. The second kappa shape index (κ2) is 9.43. The summed E-state index contributed by atoms with van der Waals surface area (Å²) >= 11 is 13.5. The molecule has 146 valence electrons. The lowest BCUT2D eigenvalue weighted by atomic mass is 10.1. The lowest BCUT2D eigenvalue weighted by Crippen LogP contribution is -2.25. The van der Waals surface area contributed by atoms with E-state index in [9.17, 15) is 4.79 Å². The molecule has 0 saturated carbocycles. The molecule has 1 amide bonds. The first-order chi connectivity index (χ1) is 13.5. The number of benzene rings is 2. The van der Waals surface area contributed by atoms with Crippen LogP contribution in [0.1, 0.15) is 12.5 Å². The molecule has 0 atom stereocenters. The zero-order valence-corrected chi connectivity index (χ0v) is 17.6. The van der Waals surface area contributed by atoms with Gasteiger partial charge in [0, 0.05) is 5.56 Å². The van der Waals surface area contributed by atoms with E-state index in [-0.39, 0.29) is 11.7 Å². The Morgan fingerprint density at radius 1 is 1.14 bits per heavy atom. The molecular weight excluding hydrogens is 419 g/mol. The molecule has 0 saturated heterocycles. The van der Waals surface area contributed by atoms with E-state index in [2.05, 4.69) is 15.7 Å². The van der Waals surface area contributed by atoms with Crippen LogP contribution >= 0.6 is 35.0 Å². The van der Waals surface area contributed by atoms with Crippen molar-refractivity contribution in [2.24, 2.45) is 0 Å². The fourth-order valence-corrected chi connectivity index (χ4v) is 3.45. The zero-order valence-electron chi connectivity index (χ0n) is 15.3. The summed E-state index contributed by atoms with van der Waals surface area (Å²) in [5.74, 6) is 0.520. The van der Waals surface area contributed by atoms with Crippen molar-refractivity contribution in [1.82, 2.24) is 20.2 Å². The van der Waals surface area contributed by atoms with Crippen LogP contribution in [0.3, 0.4) is 0 Å². The van der Waals surface area contributed by atoms with Gasteiger partial charge in [-0.05, 0) is 32.0 Å². The zero-order chi connectivity index (χ0) is 20.1. The Labute approximate surface area is 177 Å². The maximum absolute atomic E-state index is 11.9. The van der Waals surface area contributed by atoms with Crippen LogP contribution in [0.25, 0.3) is 17.1 Å². The van der Waals surface area contributed by atoms with E-state index in [1.54, 1.807) is 19.1 Å². The number of nitrogens with zero attached hydrogens (tertiary/aromatic N) is 3. The minimum Gasteiger partial charge on any atom is -0.274 e. The van der Waals surface area contributed by atoms with Crippen molar-refractivity contribution in [1.29, 1.82) is 0 Å². The number of thioether (sulfide) groups is 1. The SMILES string of the molecule is CCONC(=O)CSc1nnc(-c2ccc(C)cc2)n1-c1ccc(Cl)c(Cl)c1. The summed E-state index contributed by atoms with van der Waals surface area (Å²) in [6, 6.07) is 13.3. The highest BCUT2D eigenvalue weighted by atomic mass is 35.5. The van der Waals surface area contributed by atoms with Gasteiger partial charge in [0.15, 0.2) is 11.0 Å². The molecule has 3 rings (SSSR count). The summed E-state index contributed by atoms with van der Waals surface area (Å²) < 4.78 is 1.85. The second-order valence-electron chi connectivity index (χ2n) is 5.85. The van der Waals surface area contributed by atoms with Crippen molar-refractivity contribution >= 4 is 40.9 Å². The molecule has 1 aromatic heterocycles. The van der Waals surface area contributed by atoms with Gasteiger partial charge in [-0.25, -0.2) is 5.48 Å². The Bertz CT molecular complexity index is 977. The molecule has 0 spiro atoms. The number of carbonyl (C=O) groups excluding carboxylic acids is 1. The molecule has 3 aromatic rings. The molecule has 1 N–H and O–H groups in total. The molecule has 1 heterocycles. The minimum absolute atomic E-state index is 0.132. The molecular formula is C19H18Cl2N4O2S. The third-order valence-electron chi connectivity index (χ3n) is 3.77. The maximum atomic E-state index is 11.9. The molecule has 0 fully saturated rings. The summed E-state index contributed by atoms with van der Waals surface area (Å²) in [5, 5.41) is 10.1. The highest BCUT2D eigenvalue weighted by Crippen LogP contribution is 2.31. The van der Waals surface area contributed by atoms with Gasteiger partial charge in [0.05, 0.1) is 28.1 Å². The summed E-state index contributed by atoms with van der Waals surface area (Å²) in [7, 11) is 0. The molecule has 0 bridgehead atoms. The lowest BCUT2D eigenvalue weighted by Gasteiger charge is -2.11. The number of rotatable bonds is 7. The van der Waals surface area contributed by atoms with E-state index < -0.39 is 0 Å². The Morgan fingerprint density at radius 2 is 1.89 bits per heavy atom. The Hall–Kier alpha value is -2.06. The van der Waals surface area contributed by atoms with Gasteiger partial charge < -0.3 is 0 Å². The van der Waals surface area contributed by atoms with Gasteiger partial charge in [0.1, 0.15) is 0 Å². The van der Waals surface area contributed by atoms with Gasteiger partial charge in [-0.15, -0.1) is 10.2 Å². The van der Waals surface area contributed by atoms with Crippen LogP contribution in [0, 0.1) is 6.92 Å². The predicted octanol–water partition coefficient (Wildman–Crippen LogP) is 4.71. The van der Waals surface area contributed by atoms with E-state index in [1.165, 1.54) is 11.8 Å². The topological polar surface area (TPSA) is 69.0 Å². The fraction of sp³-hybridized carbons (Fsp3) is 0.211. The van der Waals surface area contributed by atoms with Gasteiger partial charge >= 0.3 is 0 Å². The molecule has 2 aromatic carbocycles. The first-order valence-electron chi connectivity index (χ1n) is 8.51. The monoisotopic (exact) mass is 436 g/mol. The molecule has 0 aliphatic carbocycles. The van der Waals surface area contributed by atoms with E-state index in [0.717, 1.165) is 16.8 Å². The number of hydrogen-bond acceptors (Lipinski definition) is 5.